The lowest BCUT2D eigenvalue weighted by Gasteiger charge is -2.12. The van der Waals surface area contributed by atoms with Crippen LogP contribution in [0.3, 0.4) is 0 Å². The molecular formula is C14H8Cl4N2OS. The fourth-order valence-electron chi connectivity index (χ4n) is 1.55. The Hall–Kier alpha value is -1.04. The van der Waals surface area contributed by atoms with Crippen molar-refractivity contribution in [1.82, 2.24) is 5.32 Å². The molecule has 0 saturated carbocycles. The van der Waals surface area contributed by atoms with Crippen LogP contribution in [0.25, 0.3) is 0 Å². The topological polar surface area (TPSA) is 41.1 Å². The lowest BCUT2D eigenvalue weighted by molar-refractivity contribution is 0.0978. The standard InChI is InChI=1S/C14H8Cl4N2OS/c15-8-3-1-7(2-4-8)13(21)20-14(22)19-12-6-10(17)9(16)5-11(12)18/h1-6H,(H2,19,20,21,22). The van der Waals surface area contributed by atoms with Gasteiger partial charge < -0.3 is 5.32 Å². The number of hydrogen-bond acceptors (Lipinski definition) is 2. The van der Waals surface area contributed by atoms with Gasteiger partial charge in [0.2, 0.25) is 0 Å². The molecule has 0 aromatic heterocycles. The number of amides is 1. The Kier molecular flexibility index (Phi) is 5.89. The maximum atomic E-state index is 12.0. The van der Waals surface area contributed by atoms with Crippen molar-refractivity contribution >= 4 is 75.3 Å². The Morgan fingerprint density at radius 1 is 0.909 bits per heavy atom. The maximum Gasteiger partial charge on any atom is 0.257 e. The van der Waals surface area contributed by atoms with Crippen LogP contribution in [0, 0.1) is 0 Å². The second kappa shape index (κ2) is 7.49. The van der Waals surface area contributed by atoms with E-state index in [1.165, 1.54) is 12.1 Å². The number of halogens is 4. The van der Waals surface area contributed by atoms with Gasteiger partial charge in [0.1, 0.15) is 0 Å². The molecular weight excluding hydrogens is 386 g/mol. The zero-order valence-electron chi connectivity index (χ0n) is 10.8. The molecule has 0 radical (unpaired) electrons. The summed E-state index contributed by atoms with van der Waals surface area (Å²) < 4.78 is 0. The quantitative estimate of drug-likeness (QED) is 0.528. The Bertz CT molecular complexity index is 734. The minimum Gasteiger partial charge on any atom is -0.331 e. The first-order valence-electron chi connectivity index (χ1n) is 5.89. The van der Waals surface area contributed by atoms with Crippen LogP contribution in [0.15, 0.2) is 36.4 Å². The summed E-state index contributed by atoms with van der Waals surface area (Å²) in [5, 5.41) is 6.92. The van der Waals surface area contributed by atoms with E-state index < -0.39 is 0 Å². The van der Waals surface area contributed by atoms with Gasteiger partial charge in [-0.3, -0.25) is 10.1 Å². The van der Waals surface area contributed by atoms with Gasteiger partial charge in [-0.25, -0.2) is 0 Å². The molecule has 0 bridgehead atoms. The highest BCUT2D eigenvalue weighted by molar-refractivity contribution is 7.80. The van der Waals surface area contributed by atoms with Gasteiger partial charge in [-0.15, -0.1) is 0 Å². The molecule has 0 saturated heterocycles. The van der Waals surface area contributed by atoms with Crippen LogP contribution in [0.5, 0.6) is 0 Å². The summed E-state index contributed by atoms with van der Waals surface area (Å²) in [6.45, 7) is 0. The second-order valence-electron chi connectivity index (χ2n) is 4.16. The lowest BCUT2D eigenvalue weighted by Crippen LogP contribution is -2.34. The van der Waals surface area contributed by atoms with Crippen molar-refractivity contribution in [3.05, 3.63) is 62.1 Å². The van der Waals surface area contributed by atoms with Crippen molar-refractivity contribution in [2.75, 3.05) is 5.32 Å². The van der Waals surface area contributed by atoms with Crippen LogP contribution >= 0.6 is 58.6 Å². The maximum absolute atomic E-state index is 12.0. The number of hydrogen-bond donors (Lipinski definition) is 2. The first-order valence-corrected chi connectivity index (χ1v) is 7.81. The largest absolute Gasteiger partial charge is 0.331 e. The fraction of sp³-hybridized carbons (Fsp3) is 0. The highest BCUT2D eigenvalue weighted by Gasteiger charge is 2.11. The summed E-state index contributed by atoms with van der Waals surface area (Å²) in [6, 6.07) is 9.41. The molecule has 0 atom stereocenters. The molecule has 22 heavy (non-hydrogen) atoms. The predicted molar refractivity (Wildman–Crippen MR) is 96.6 cm³/mol. The number of carbonyl (C=O) groups excluding carboxylic acids is 1. The molecule has 3 nitrogen and oxygen atoms in total. The number of rotatable bonds is 2. The minimum absolute atomic E-state index is 0.0836. The zero-order chi connectivity index (χ0) is 16.3. The molecule has 114 valence electrons. The molecule has 0 aliphatic heterocycles. The van der Waals surface area contributed by atoms with Crippen molar-refractivity contribution < 1.29 is 4.79 Å². The summed E-state index contributed by atoms with van der Waals surface area (Å²) in [5.41, 5.74) is 0.867. The lowest BCUT2D eigenvalue weighted by atomic mass is 10.2. The van der Waals surface area contributed by atoms with E-state index in [9.17, 15) is 4.79 Å². The van der Waals surface area contributed by atoms with Crippen LogP contribution in [0.2, 0.25) is 20.1 Å². The van der Waals surface area contributed by atoms with Crippen molar-refractivity contribution in [1.29, 1.82) is 0 Å². The second-order valence-corrected chi connectivity index (χ2v) is 6.23. The number of nitrogens with one attached hydrogen (secondary N) is 2. The predicted octanol–water partition coefficient (Wildman–Crippen LogP) is 5.43. The van der Waals surface area contributed by atoms with Gasteiger partial charge in [0.05, 0.1) is 20.8 Å². The van der Waals surface area contributed by atoms with Gasteiger partial charge in [0.15, 0.2) is 5.11 Å². The monoisotopic (exact) mass is 392 g/mol. The molecule has 2 aromatic carbocycles. The average molecular weight is 394 g/mol. The third kappa shape index (κ3) is 4.48. The molecule has 2 N–H and O–H groups in total. The van der Waals surface area contributed by atoms with E-state index in [1.54, 1.807) is 24.3 Å². The van der Waals surface area contributed by atoms with E-state index in [0.29, 0.717) is 31.3 Å². The highest BCUT2D eigenvalue weighted by Crippen LogP contribution is 2.32. The summed E-state index contributed by atoms with van der Waals surface area (Å²) >= 11 is 28.6. The van der Waals surface area contributed by atoms with E-state index in [2.05, 4.69) is 10.6 Å². The molecule has 2 aromatic rings. The molecule has 0 spiro atoms. The van der Waals surface area contributed by atoms with E-state index in [0.717, 1.165) is 0 Å². The summed E-state index contributed by atoms with van der Waals surface area (Å²) in [4.78, 5) is 12.0. The summed E-state index contributed by atoms with van der Waals surface area (Å²) in [7, 11) is 0. The molecule has 1 amide bonds. The highest BCUT2D eigenvalue weighted by atomic mass is 35.5. The number of benzene rings is 2. The van der Waals surface area contributed by atoms with Crippen molar-refractivity contribution in [2.24, 2.45) is 0 Å². The molecule has 8 heteroatoms. The third-order valence-electron chi connectivity index (χ3n) is 2.59. The van der Waals surface area contributed by atoms with E-state index in [-0.39, 0.29) is 11.0 Å². The average Bonchev–Trinajstić information content (AvgIpc) is 2.45. The fourth-order valence-corrected chi connectivity index (χ4v) is 2.47. The molecule has 0 aliphatic rings. The third-order valence-corrected chi connectivity index (χ3v) is 4.08. The van der Waals surface area contributed by atoms with Gasteiger partial charge in [0.25, 0.3) is 5.91 Å². The first-order chi connectivity index (χ1) is 10.4. The SMILES string of the molecule is O=C(NC(=S)Nc1cc(Cl)c(Cl)cc1Cl)c1ccc(Cl)cc1. The van der Waals surface area contributed by atoms with Gasteiger partial charge in [-0.2, -0.15) is 0 Å². The van der Waals surface area contributed by atoms with Crippen molar-refractivity contribution in [2.45, 2.75) is 0 Å². The number of anilines is 1. The summed E-state index contributed by atoms with van der Waals surface area (Å²) in [6.07, 6.45) is 0. The van der Waals surface area contributed by atoms with Crippen molar-refractivity contribution in [3.8, 4) is 0 Å². The van der Waals surface area contributed by atoms with Gasteiger partial charge in [0, 0.05) is 10.6 Å². The summed E-state index contributed by atoms with van der Waals surface area (Å²) in [5.74, 6) is -0.370. The van der Waals surface area contributed by atoms with Crippen LogP contribution in [-0.4, -0.2) is 11.0 Å². The molecule has 0 aliphatic carbocycles. The molecule has 2 rings (SSSR count). The van der Waals surface area contributed by atoms with E-state index in [4.69, 9.17) is 58.6 Å². The van der Waals surface area contributed by atoms with E-state index in [1.807, 2.05) is 0 Å². The Morgan fingerprint density at radius 2 is 1.50 bits per heavy atom. The van der Waals surface area contributed by atoms with Gasteiger partial charge in [-0.1, -0.05) is 46.4 Å². The number of carbonyl (C=O) groups is 1. The van der Waals surface area contributed by atoms with E-state index >= 15 is 0 Å². The zero-order valence-corrected chi connectivity index (χ0v) is 14.6. The van der Waals surface area contributed by atoms with Crippen LogP contribution in [0.1, 0.15) is 10.4 Å². The number of thiocarbonyl (C=S) groups is 1. The smallest absolute Gasteiger partial charge is 0.257 e. The Morgan fingerprint density at radius 3 is 2.14 bits per heavy atom. The van der Waals surface area contributed by atoms with Gasteiger partial charge in [-0.05, 0) is 48.6 Å². The first kappa shape index (κ1) is 17.3. The van der Waals surface area contributed by atoms with Gasteiger partial charge >= 0.3 is 0 Å². The molecule has 0 unspecified atom stereocenters. The Balaban J connectivity index is 2.05. The molecule has 0 heterocycles. The van der Waals surface area contributed by atoms with Crippen molar-refractivity contribution in [3.63, 3.8) is 0 Å². The molecule has 0 fully saturated rings. The minimum atomic E-state index is -0.370. The van der Waals surface area contributed by atoms with Crippen LogP contribution in [0.4, 0.5) is 5.69 Å². The van der Waals surface area contributed by atoms with Crippen LogP contribution < -0.4 is 10.6 Å². The normalized spacial score (nSPS) is 10.2. The van der Waals surface area contributed by atoms with Crippen LogP contribution in [-0.2, 0) is 0 Å². The Labute approximate surface area is 152 Å².